The van der Waals surface area contributed by atoms with Crippen molar-refractivity contribution >= 4 is 21.6 Å². The number of nitrogens with zero attached hydrogens (tertiary/aromatic N) is 2. The molecule has 7 nitrogen and oxygen atoms in total. The molecule has 0 saturated carbocycles. The van der Waals surface area contributed by atoms with Crippen LogP contribution in [-0.2, 0) is 23.5 Å². The van der Waals surface area contributed by atoms with Gasteiger partial charge in [0.15, 0.2) is 0 Å². The van der Waals surface area contributed by atoms with Crippen LogP contribution >= 0.6 is 0 Å². The largest absolute Gasteiger partial charge is 0.345 e. The maximum Gasteiger partial charge on any atom is 0.272 e. The Morgan fingerprint density at radius 2 is 2.10 bits per heavy atom. The molecule has 0 radical (unpaired) electrons. The minimum Gasteiger partial charge on any atom is -0.345 e. The number of nitriles is 1. The quantitative estimate of drug-likeness (QED) is 0.622. The van der Waals surface area contributed by atoms with E-state index < -0.39 is 21.7 Å². The predicted molar refractivity (Wildman–Crippen MR) is 113 cm³/mol. The summed E-state index contributed by atoms with van der Waals surface area (Å²) in [5, 5.41) is 16.9. The van der Waals surface area contributed by atoms with Crippen LogP contribution in [0.1, 0.15) is 41.9 Å². The molecule has 1 heterocycles. The summed E-state index contributed by atoms with van der Waals surface area (Å²) in [6.07, 6.45) is 4.08. The number of aromatic nitrogens is 1. The van der Waals surface area contributed by atoms with E-state index in [0.29, 0.717) is 18.4 Å². The van der Waals surface area contributed by atoms with Crippen LogP contribution in [0.4, 0.5) is 10.1 Å². The number of rotatable bonds is 8. The van der Waals surface area contributed by atoms with E-state index in [1.165, 1.54) is 22.9 Å². The van der Waals surface area contributed by atoms with Crippen LogP contribution in [0.2, 0.25) is 0 Å². The fraction of sp³-hybridized carbons (Fsp3) is 0.333. The summed E-state index contributed by atoms with van der Waals surface area (Å²) in [4.78, 5) is 12.8. The molecule has 1 aromatic carbocycles. The van der Waals surface area contributed by atoms with Gasteiger partial charge in [0.2, 0.25) is 10.0 Å². The Labute approximate surface area is 176 Å². The molecule has 0 aliphatic heterocycles. The lowest BCUT2D eigenvalue weighted by atomic mass is 9.90. The van der Waals surface area contributed by atoms with Gasteiger partial charge in [-0.3, -0.25) is 4.79 Å². The molecule has 2 atom stereocenters. The van der Waals surface area contributed by atoms with Gasteiger partial charge in [0.1, 0.15) is 22.5 Å². The number of carbonyl (C=O) groups is 1. The summed E-state index contributed by atoms with van der Waals surface area (Å²) in [5.74, 6) is -0.853. The summed E-state index contributed by atoms with van der Waals surface area (Å²) in [6, 6.07) is 5.32. The average Bonchev–Trinajstić information content (AvgIpc) is 3.03. The number of carbonyl (C=O) groups excluding carboxylic acids is 1. The molecule has 1 amide bonds. The SMILES string of the molecule is C=C[C@H](C)[C@H](C)CCc1c(S(N)(=O)=O)cn(C)c1C(=O)Nc1ccc(F)c(C#N)c1. The fourth-order valence-electron chi connectivity index (χ4n) is 3.18. The predicted octanol–water partition coefficient (Wildman–Crippen LogP) is 3.33. The molecule has 3 N–H and O–H groups in total. The third-order valence-electron chi connectivity index (χ3n) is 5.23. The van der Waals surface area contributed by atoms with Crippen LogP contribution in [-0.4, -0.2) is 18.9 Å². The molecule has 0 aliphatic carbocycles. The molecule has 160 valence electrons. The van der Waals surface area contributed by atoms with Crippen LogP contribution in [0.15, 0.2) is 41.9 Å². The van der Waals surface area contributed by atoms with Crippen molar-refractivity contribution in [2.24, 2.45) is 24.0 Å². The second-order valence-electron chi connectivity index (χ2n) is 7.35. The number of allylic oxidation sites excluding steroid dienone is 1. The van der Waals surface area contributed by atoms with Crippen molar-refractivity contribution in [2.45, 2.75) is 31.6 Å². The van der Waals surface area contributed by atoms with E-state index in [-0.39, 0.29) is 33.7 Å². The zero-order valence-corrected chi connectivity index (χ0v) is 18.0. The normalized spacial score (nSPS) is 13.3. The van der Waals surface area contributed by atoms with E-state index in [1.807, 2.05) is 19.9 Å². The number of benzene rings is 1. The third-order valence-corrected chi connectivity index (χ3v) is 6.20. The number of aryl methyl sites for hydroxylation is 1. The van der Waals surface area contributed by atoms with E-state index in [2.05, 4.69) is 11.9 Å². The number of amides is 1. The van der Waals surface area contributed by atoms with Gasteiger partial charge in [-0.1, -0.05) is 19.9 Å². The Balaban J connectivity index is 2.43. The minimum absolute atomic E-state index is 0.106. The molecular weight excluding hydrogens is 407 g/mol. The highest BCUT2D eigenvalue weighted by molar-refractivity contribution is 7.89. The fourth-order valence-corrected chi connectivity index (χ4v) is 4.03. The summed E-state index contributed by atoms with van der Waals surface area (Å²) < 4.78 is 39.1. The molecule has 1 aromatic heterocycles. The Hall–Kier alpha value is -2.96. The molecule has 2 aromatic rings. The Morgan fingerprint density at radius 3 is 2.67 bits per heavy atom. The zero-order valence-electron chi connectivity index (χ0n) is 17.1. The van der Waals surface area contributed by atoms with Crippen LogP contribution in [0.5, 0.6) is 0 Å². The monoisotopic (exact) mass is 432 g/mol. The van der Waals surface area contributed by atoms with Crippen molar-refractivity contribution in [3.63, 3.8) is 0 Å². The number of halogens is 1. The Morgan fingerprint density at radius 1 is 1.43 bits per heavy atom. The van der Waals surface area contributed by atoms with Crippen molar-refractivity contribution in [1.29, 1.82) is 5.26 Å². The molecule has 2 rings (SSSR count). The van der Waals surface area contributed by atoms with Crippen molar-refractivity contribution in [3.05, 3.63) is 59.7 Å². The summed E-state index contributed by atoms with van der Waals surface area (Å²) in [5.41, 5.74) is 0.469. The standard InChI is InChI=1S/C21H25FN4O3S/c1-5-13(2)14(3)6-8-17-19(30(24,28)29)12-26(4)20(17)21(27)25-16-7-9-18(22)15(10-16)11-23/h5,7,9-10,12-14H,1,6,8H2,2-4H3,(H,25,27)(H2,24,28,29)/t13-,14+/m0/s1. The highest BCUT2D eigenvalue weighted by Gasteiger charge is 2.26. The molecule has 0 unspecified atom stereocenters. The van der Waals surface area contributed by atoms with Crippen LogP contribution in [0.25, 0.3) is 0 Å². The lowest BCUT2D eigenvalue weighted by molar-refractivity contribution is 0.101. The number of hydrogen-bond donors (Lipinski definition) is 2. The number of anilines is 1. The zero-order chi connectivity index (χ0) is 22.6. The van der Waals surface area contributed by atoms with Crippen LogP contribution < -0.4 is 10.5 Å². The molecule has 0 saturated heterocycles. The van der Waals surface area contributed by atoms with Gasteiger partial charge >= 0.3 is 0 Å². The molecular formula is C21H25FN4O3S. The number of hydrogen-bond acceptors (Lipinski definition) is 4. The van der Waals surface area contributed by atoms with E-state index in [4.69, 9.17) is 10.4 Å². The number of nitrogens with one attached hydrogen (secondary N) is 1. The second kappa shape index (κ2) is 9.24. The van der Waals surface area contributed by atoms with Crippen molar-refractivity contribution < 1.29 is 17.6 Å². The van der Waals surface area contributed by atoms with E-state index in [1.54, 1.807) is 13.1 Å². The number of sulfonamides is 1. The highest BCUT2D eigenvalue weighted by atomic mass is 32.2. The van der Waals surface area contributed by atoms with Crippen molar-refractivity contribution in [2.75, 3.05) is 5.32 Å². The molecule has 0 bridgehead atoms. The lowest BCUT2D eigenvalue weighted by Gasteiger charge is -2.17. The first kappa shape index (κ1) is 23.3. The first-order chi connectivity index (χ1) is 14.0. The average molecular weight is 433 g/mol. The first-order valence-corrected chi connectivity index (χ1v) is 10.9. The van der Waals surface area contributed by atoms with E-state index in [9.17, 15) is 17.6 Å². The maximum absolute atomic E-state index is 13.5. The van der Waals surface area contributed by atoms with Crippen molar-refractivity contribution in [3.8, 4) is 6.07 Å². The Bertz CT molecular complexity index is 1120. The molecule has 0 spiro atoms. The molecule has 0 fully saturated rings. The lowest BCUT2D eigenvalue weighted by Crippen LogP contribution is -2.19. The Kier molecular flexibility index (Phi) is 7.18. The van der Waals surface area contributed by atoms with Crippen molar-refractivity contribution in [1.82, 2.24) is 4.57 Å². The summed E-state index contributed by atoms with van der Waals surface area (Å²) in [6.45, 7) is 7.81. The van der Waals surface area contributed by atoms with Gasteiger partial charge in [-0.25, -0.2) is 17.9 Å². The van der Waals surface area contributed by atoms with E-state index in [0.717, 1.165) is 6.07 Å². The summed E-state index contributed by atoms with van der Waals surface area (Å²) >= 11 is 0. The number of primary sulfonamides is 1. The van der Waals surface area contributed by atoms with Gasteiger partial charge in [-0.2, -0.15) is 5.26 Å². The maximum atomic E-state index is 13.5. The third kappa shape index (κ3) is 5.14. The van der Waals surface area contributed by atoms with Gasteiger partial charge in [-0.05, 0) is 42.9 Å². The summed E-state index contributed by atoms with van der Waals surface area (Å²) in [7, 11) is -2.50. The van der Waals surface area contributed by atoms with Gasteiger partial charge in [0, 0.05) is 24.5 Å². The molecule has 9 heteroatoms. The van der Waals surface area contributed by atoms with Crippen LogP contribution in [0, 0.1) is 29.0 Å². The first-order valence-electron chi connectivity index (χ1n) is 9.34. The molecule has 0 aliphatic rings. The highest BCUT2D eigenvalue weighted by Crippen LogP contribution is 2.27. The van der Waals surface area contributed by atoms with Gasteiger partial charge in [0.05, 0.1) is 5.56 Å². The number of nitrogens with two attached hydrogens (primary N) is 1. The smallest absolute Gasteiger partial charge is 0.272 e. The topological polar surface area (TPSA) is 118 Å². The van der Waals surface area contributed by atoms with Crippen LogP contribution in [0.3, 0.4) is 0 Å². The molecule has 30 heavy (non-hydrogen) atoms. The minimum atomic E-state index is -4.05. The van der Waals surface area contributed by atoms with Gasteiger partial charge in [-0.15, -0.1) is 6.58 Å². The second-order valence-corrected chi connectivity index (χ2v) is 8.88. The van der Waals surface area contributed by atoms with Gasteiger partial charge in [0.25, 0.3) is 5.91 Å². The van der Waals surface area contributed by atoms with Gasteiger partial charge < -0.3 is 9.88 Å². The van der Waals surface area contributed by atoms with E-state index >= 15 is 0 Å².